The van der Waals surface area contributed by atoms with Crippen molar-refractivity contribution in [3.8, 4) is 11.1 Å². The molecule has 0 aromatic heterocycles. The lowest BCUT2D eigenvalue weighted by Gasteiger charge is -2.25. The van der Waals surface area contributed by atoms with Gasteiger partial charge in [0.15, 0.2) is 5.84 Å². The Bertz CT molecular complexity index is 1750. The second-order valence-electron chi connectivity index (χ2n) is 11.6. The molecule has 0 spiro atoms. The lowest BCUT2D eigenvalue weighted by molar-refractivity contribution is 0.619. The molecule has 208 valence electrons. The fourth-order valence-electron chi connectivity index (χ4n) is 6.34. The largest absolute Gasteiger partial charge is 0.364 e. The lowest BCUT2D eigenvalue weighted by Crippen LogP contribution is -2.23. The van der Waals surface area contributed by atoms with Gasteiger partial charge in [-0.15, -0.1) is 0 Å². The molecule has 4 aliphatic rings. The van der Waals surface area contributed by atoms with E-state index in [1.807, 2.05) is 0 Å². The highest BCUT2D eigenvalue weighted by Gasteiger charge is 2.25. The number of amidine groups is 1. The van der Waals surface area contributed by atoms with Crippen LogP contribution in [0.15, 0.2) is 123 Å². The van der Waals surface area contributed by atoms with E-state index in [4.69, 9.17) is 15.0 Å². The fourth-order valence-corrected chi connectivity index (χ4v) is 6.34. The minimum Gasteiger partial charge on any atom is -0.364 e. The van der Waals surface area contributed by atoms with Crippen LogP contribution >= 0.6 is 0 Å². The molecule has 4 heteroatoms. The highest BCUT2D eigenvalue weighted by Crippen LogP contribution is 2.34. The molecule has 2 heterocycles. The van der Waals surface area contributed by atoms with E-state index in [0.717, 1.165) is 71.8 Å². The molecule has 2 aliphatic carbocycles. The fraction of sp³-hybridized carbons (Fsp3) is 0.237. The van der Waals surface area contributed by atoms with E-state index in [1.54, 1.807) is 0 Å². The molecule has 0 amide bonds. The summed E-state index contributed by atoms with van der Waals surface area (Å²) in [5.41, 5.74) is 13.1. The molecular formula is C38H36N4. The minimum absolute atomic E-state index is 0.0275. The van der Waals surface area contributed by atoms with Crippen LogP contribution in [0.1, 0.15) is 79.6 Å². The number of hydrogen-bond acceptors (Lipinski definition) is 4. The van der Waals surface area contributed by atoms with Gasteiger partial charge in [0.25, 0.3) is 0 Å². The summed E-state index contributed by atoms with van der Waals surface area (Å²) in [5.74, 6) is 0.797. The summed E-state index contributed by atoms with van der Waals surface area (Å²) in [6.45, 7) is 4.17. The molecule has 4 nitrogen and oxygen atoms in total. The van der Waals surface area contributed by atoms with Crippen molar-refractivity contribution < 1.29 is 0 Å². The Balaban J connectivity index is 1.38. The first kappa shape index (κ1) is 26.3. The van der Waals surface area contributed by atoms with Gasteiger partial charge in [-0.05, 0) is 109 Å². The Morgan fingerprint density at radius 3 is 2.48 bits per heavy atom. The first-order valence-corrected chi connectivity index (χ1v) is 15.1. The lowest BCUT2D eigenvalue weighted by atomic mass is 9.90. The van der Waals surface area contributed by atoms with Crippen molar-refractivity contribution in [1.82, 2.24) is 5.32 Å². The molecule has 2 aliphatic heterocycles. The summed E-state index contributed by atoms with van der Waals surface area (Å²) >= 11 is 0. The zero-order valence-electron chi connectivity index (χ0n) is 24.3. The van der Waals surface area contributed by atoms with Crippen LogP contribution in [0.25, 0.3) is 17.2 Å². The molecular weight excluding hydrogens is 512 g/mol. The van der Waals surface area contributed by atoms with Gasteiger partial charge in [-0.3, -0.25) is 9.98 Å². The van der Waals surface area contributed by atoms with Gasteiger partial charge in [0.2, 0.25) is 0 Å². The van der Waals surface area contributed by atoms with E-state index >= 15 is 0 Å². The van der Waals surface area contributed by atoms with E-state index in [-0.39, 0.29) is 12.2 Å². The molecule has 2 atom stereocenters. The van der Waals surface area contributed by atoms with Crippen molar-refractivity contribution in [1.29, 1.82) is 0 Å². The SMILES string of the molecule is CC1=CC(C)=NC(c2cc(C3=NC(c4ccccc4)CC(C4=CC=CCC4)=N3)cc(-c3ccc4c(c3)C=CCC4)c2)N1. The average Bonchev–Trinajstić information content (AvgIpc) is 3.04. The quantitative estimate of drug-likeness (QED) is 0.340. The molecule has 0 bridgehead atoms. The summed E-state index contributed by atoms with van der Waals surface area (Å²) in [6.07, 6.45) is 18.2. The molecule has 0 fully saturated rings. The first-order chi connectivity index (χ1) is 20.6. The maximum Gasteiger partial charge on any atom is 0.155 e. The van der Waals surface area contributed by atoms with Gasteiger partial charge >= 0.3 is 0 Å². The summed E-state index contributed by atoms with van der Waals surface area (Å²) in [5, 5.41) is 3.59. The Kier molecular flexibility index (Phi) is 7.13. The standard InChI is InChI=1S/C38H36N4/c1-25-19-26(2)40-37(39-25)33-21-32(31-18-17-27-11-9-10-16-30(27)20-31)22-34(23-33)38-41-35(28-12-5-3-6-13-28)24-36(42-38)29-14-7-4-8-15-29/h3-7,10,12-14,16-23,35,37,39H,8-9,11,15,24H2,1-2H3. The number of hydrogen-bond donors (Lipinski definition) is 1. The van der Waals surface area contributed by atoms with E-state index in [0.29, 0.717) is 0 Å². The predicted octanol–water partition coefficient (Wildman–Crippen LogP) is 8.89. The highest BCUT2D eigenvalue weighted by atomic mass is 15.1. The molecule has 1 N–H and O–H groups in total. The van der Waals surface area contributed by atoms with Crippen LogP contribution in [0.4, 0.5) is 0 Å². The van der Waals surface area contributed by atoms with Crippen LogP contribution < -0.4 is 5.32 Å². The average molecular weight is 549 g/mol. The second-order valence-corrected chi connectivity index (χ2v) is 11.6. The van der Waals surface area contributed by atoms with E-state index in [9.17, 15) is 0 Å². The number of rotatable bonds is 5. The molecule has 0 saturated heterocycles. The molecule has 3 aromatic carbocycles. The van der Waals surface area contributed by atoms with Gasteiger partial charge in [0.1, 0.15) is 6.17 Å². The van der Waals surface area contributed by atoms with Crippen molar-refractivity contribution in [3.63, 3.8) is 0 Å². The van der Waals surface area contributed by atoms with Gasteiger partial charge in [0.05, 0.1) is 6.04 Å². The van der Waals surface area contributed by atoms with Gasteiger partial charge in [-0.2, -0.15) is 0 Å². The number of fused-ring (bicyclic) bond motifs is 1. The van der Waals surface area contributed by atoms with Gasteiger partial charge in [-0.25, -0.2) is 4.99 Å². The maximum absolute atomic E-state index is 5.29. The van der Waals surface area contributed by atoms with Crippen LogP contribution in [0.5, 0.6) is 0 Å². The number of aliphatic imine (C=N–C) groups is 3. The van der Waals surface area contributed by atoms with Crippen LogP contribution in [0, 0.1) is 0 Å². The topological polar surface area (TPSA) is 49.1 Å². The molecule has 3 aromatic rings. The molecule has 0 radical (unpaired) electrons. The summed E-state index contributed by atoms with van der Waals surface area (Å²) in [7, 11) is 0. The Morgan fingerprint density at radius 2 is 1.64 bits per heavy atom. The predicted molar refractivity (Wildman–Crippen MR) is 176 cm³/mol. The third-order valence-electron chi connectivity index (χ3n) is 8.48. The van der Waals surface area contributed by atoms with Crippen molar-refractivity contribution in [2.45, 2.75) is 58.2 Å². The smallest absolute Gasteiger partial charge is 0.155 e. The van der Waals surface area contributed by atoms with Gasteiger partial charge in [-0.1, -0.05) is 72.8 Å². The van der Waals surface area contributed by atoms with Gasteiger partial charge < -0.3 is 5.32 Å². The summed E-state index contributed by atoms with van der Waals surface area (Å²) in [4.78, 5) is 15.5. The Morgan fingerprint density at radius 1 is 0.786 bits per heavy atom. The minimum atomic E-state index is -0.157. The molecule has 7 rings (SSSR count). The van der Waals surface area contributed by atoms with Crippen LogP contribution in [0.3, 0.4) is 0 Å². The number of benzene rings is 3. The Labute approximate surface area is 248 Å². The monoisotopic (exact) mass is 548 g/mol. The molecule has 42 heavy (non-hydrogen) atoms. The van der Waals surface area contributed by atoms with Crippen molar-refractivity contribution in [2.75, 3.05) is 0 Å². The zero-order chi connectivity index (χ0) is 28.5. The van der Waals surface area contributed by atoms with Crippen LogP contribution in [0.2, 0.25) is 0 Å². The van der Waals surface area contributed by atoms with E-state index in [2.05, 4.69) is 122 Å². The maximum atomic E-state index is 5.29. The second kappa shape index (κ2) is 11.4. The first-order valence-electron chi connectivity index (χ1n) is 15.1. The normalized spacial score (nSPS) is 21.3. The number of aryl methyl sites for hydroxylation is 1. The molecule has 2 unspecified atom stereocenters. The van der Waals surface area contributed by atoms with E-state index in [1.165, 1.54) is 27.8 Å². The van der Waals surface area contributed by atoms with Crippen molar-refractivity contribution >= 4 is 23.3 Å². The van der Waals surface area contributed by atoms with E-state index < -0.39 is 0 Å². The molecule has 0 saturated carbocycles. The Hall–Kier alpha value is -4.57. The number of nitrogens with zero attached hydrogens (tertiary/aromatic N) is 3. The summed E-state index contributed by atoms with van der Waals surface area (Å²) < 4.78 is 0. The van der Waals surface area contributed by atoms with Crippen LogP contribution in [-0.2, 0) is 6.42 Å². The third kappa shape index (κ3) is 5.49. The van der Waals surface area contributed by atoms with Crippen LogP contribution in [-0.4, -0.2) is 17.3 Å². The zero-order valence-corrected chi connectivity index (χ0v) is 24.3. The number of allylic oxidation sites excluding steroid dienone is 7. The third-order valence-corrected chi connectivity index (χ3v) is 8.48. The van der Waals surface area contributed by atoms with Crippen molar-refractivity contribution in [2.24, 2.45) is 15.0 Å². The highest BCUT2D eigenvalue weighted by molar-refractivity contribution is 6.14. The number of nitrogens with one attached hydrogen (secondary N) is 1. The van der Waals surface area contributed by atoms with Crippen molar-refractivity contribution in [3.05, 3.63) is 136 Å². The summed E-state index contributed by atoms with van der Waals surface area (Å²) in [6, 6.07) is 24.3. The van der Waals surface area contributed by atoms with Gasteiger partial charge in [0, 0.05) is 29.1 Å².